The van der Waals surface area contributed by atoms with Crippen LogP contribution in [0.3, 0.4) is 0 Å². The average molecular weight is 393 g/mol. The highest BCUT2D eigenvalue weighted by Gasteiger charge is 2.31. The largest absolute Gasteiger partial charge is 0.356 e. The number of benzene rings is 1. The number of carbonyl (C=O) groups is 1. The number of hydrogen-bond donors (Lipinski definition) is 1. The van der Waals surface area contributed by atoms with E-state index in [1.54, 1.807) is 12.1 Å². The van der Waals surface area contributed by atoms with E-state index in [4.69, 9.17) is 0 Å². The molecule has 0 radical (unpaired) electrons. The third-order valence-corrected chi connectivity index (χ3v) is 7.96. The van der Waals surface area contributed by atoms with Gasteiger partial charge in [0.2, 0.25) is 15.9 Å². The van der Waals surface area contributed by atoms with Crippen LogP contribution in [-0.4, -0.2) is 38.3 Å². The van der Waals surface area contributed by atoms with Crippen LogP contribution in [0.15, 0.2) is 29.2 Å². The van der Waals surface area contributed by atoms with Gasteiger partial charge in [0, 0.05) is 25.6 Å². The Morgan fingerprint density at radius 1 is 1.07 bits per heavy atom. The van der Waals surface area contributed by atoms with Gasteiger partial charge < -0.3 is 5.32 Å². The van der Waals surface area contributed by atoms with Crippen LogP contribution in [0, 0.1) is 18.8 Å². The molecule has 0 atom stereocenters. The Bertz CT molecular complexity index is 716. The molecule has 6 heteroatoms. The predicted octanol–water partition coefficient (Wildman–Crippen LogP) is 3.48. The zero-order valence-electron chi connectivity index (χ0n) is 16.3. The fourth-order valence-electron chi connectivity index (χ4n) is 4.26. The first-order valence-corrected chi connectivity index (χ1v) is 11.8. The molecule has 0 aromatic heterocycles. The van der Waals surface area contributed by atoms with Crippen LogP contribution in [0.4, 0.5) is 0 Å². The van der Waals surface area contributed by atoms with Gasteiger partial charge in [-0.05, 0) is 50.7 Å². The predicted molar refractivity (Wildman–Crippen MR) is 107 cm³/mol. The molecule has 1 heterocycles. The van der Waals surface area contributed by atoms with Crippen molar-refractivity contribution in [2.75, 3.05) is 19.6 Å². The van der Waals surface area contributed by atoms with Gasteiger partial charge in [-0.2, -0.15) is 4.31 Å². The molecule has 0 bridgehead atoms. The highest BCUT2D eigenvalue weighted by Crippen LogP contribution is 2.28. The SMILES string of the molecule is Cc1ccc(S(=O)(=O)N2CCC(C(=O)NCCCC3CCCC3)CC2)cc1. The van der Waals surface area contributed by atoms with Crippen molar-refractivity contribution in [2.45, 2.75) is 63.2 Å². The van der Waals surface area contributed by atoms with Crippen molar-refractivity contribution in [3.05, 3.63) is 29.8 Å². The maximum Gasteiger partial charge on any atom is 0.243 e. The Morgan fingerprint density at radius 3 is 2.33 bits per heavy atom. The van der Waals surface area contributed by atoms with Crippen molar-refractivity contribution in [3.8, 4) is 0 Å². The molecule has 1 amide bonds. The Labute approximate surface area is 163 Å². The molecule has 1 aromatic rings. The first-order chi connectivity index (χ1) is 13.0. The number of nitrogens with zero attached hydrogens (tertiary/aromatic N) is 1. The van der Waals surface area contributed by atoms with Crippen molar-refractivity contribution in [3.63, 3.8) is 0 Å². The minimum Gasteiger partial charge on any atom is -0.356 e. The quantitative estimate of drug-likeness (QED) is 0.723. The van der Waals surface area contributed by atoms with Gasteiger partial charge >= 0.3 is 0 Å². The summed E-state index contributed by atoms with van der Waals surface area (Å²) in [6.45, 7) is 3.51. The number of aryl methyl sites for hydroxylation is 1. The molecule has 1 N–H and O–H groups in total. The van der Waals surface area contributed by atoms with Gasteiger partial charge in [-0.3, -0.25) is 4.79 Å². The molecule has 1 saturated carbocycles. The second-order valence-corrected chi connectivity index (χ2v) is 10.0. The van der Waals surface area contributed by atoms with E-state index in [1.165, 1.54) is 36.4 Å². The first-order valence-electron chi connectivity index (χ1n) is 10.3. The Balaban J connectivity index is 1.42. The van der Waals surface area contributed by atoms with E-state index in [9.17, 15) is 13.2 Å². The van der Waals surface area contributed by atoms with E-state index < -0.39 is 10.0 Å². The summed E-state index contributed by atoms with van der Waals surface area (Å²) in [4.78, 5) is 12.7. The lowest BCUT2D eigenvalue weighted by molar-refractivity contribution is -0.126. The summed E-state index contributed by atoms with van der Waals surface area (Å²) in [6.07, 6.45) is 8.88. The molecule has 0 spiro atoms. The normalized spacial score (nSPS) is 20.0. The standard InChI is InChI=1S/C21H32N2O3S/c1-17-8-10-20(11-9-17)27(25,26)23-15-12-19(13-16-23)21(24)22-14-4-7-18-5-2-3-6-18/h8-11,18-19H,2-7,12-16H2,1H3,(H,22,24). The number of carbonyl (C=O) groups excluding carboxylic acids is 1. The maximum absolute atomic E-state index is 12.7. The Hall–Kier alpha value is -1.40. The average Bonchev–Trinajstić information content (AvgIpc) is 3.19. The van der Waals surface area contributed by atoms with Crippen LogP contribution < -0.4 is 5.32 Å². The summed E-state index contributed by atoms with van der Waals surface area (Å²) < 4.78 is 27.0. The van der Waals surface area contributed by atoms with Crippen LogP contribution in [0.5, 0.6) is 0 Å². The van der Waals surface area contributed by atoms with E-state index >= 15 is 0 Å². The minimum absolute atomic E-state index is 0.0686. The molecular weight excluding hydrogens is 360 g/mol. The number of nitrogens with one attached hydrogen (secondary N) is 1. The van der Waals surface area contributed by atoms with Gasteiger partial charge in [-0.25, -0.2) is 8.42 Å². The molecule has 2 aliphatic rings. The highest BCUT2D eigenvalue weighted by molar-refractivity contribution is 7.89. The number of sulfonamides is 1. The van der Waals surface area contributed by atoms with Crippen molar-refractivity contribution >= 4 is 15.9 Å². The first kappa shape index (κ1) is 20.3. The van der Waals surface area contributed by atoms with E-state index in [0.717, 1.165) is 24.4 Å². The third-order valence-electron chi connectivity index (χ3n) is 6.05. The number of hydrogen-bond acceptors (Lipinski definition) is 3. The monoisotopic (exact) mass is 392 g/mol. The molecule has 3 rings (SSSR count). The van der Waals surface area contributed by atoms with Gasteiger partial charge in [0.25, 0.3) is 0 Å². The topological polar surface area (TPSA) is 66.5 Å². The zero-order chi connectivity index (χ0) is 19.3. The van der Waals surface area contributed by atoms with Crippen LogP contribution in [0.1, 0.15) is 56.9 Å². The van der Waals surface area contributed by atoms with E-state index in [-0.39, 0.29) is 11.8 Å². The van der Waals surface area contributed by atoms with Gasteiger partial charge in [0.05, 0.1) is 4.90 Å². The Morgan fingerprint density at radius 2 is 1.70 bits per heavy atom. The second kappa shape index (κ2) is 9.20. The second-order valence-electron chi connectivity index (χ2n) is 8.08. The van der Waals surface area contributed by atoms with E-state index in [1.807, 2.05) is 19.1 Å². The molecular formula is C21H32N2O3S. The Kier molecular flexibility index (Phi) is 6.93. The van der Waals surface area contributed by atoms with Crippen LogP contribution in [0.25, 0.3) is 0 Å². The van der Waals surface area contributed by atoms with Crippen LogP contribution in [-0.2, 0) is 14.8 Å². The lowest BCUT2D eigenvalue weighted by Crippen LogP contribution is -2.43. The van der Waals surface area contributed by atoms with E-state index in [0.29, 0.717) is 30.8 Å². The smallest absolute Gasteiger partial charge is 0.243 e. The van der Waals surface area contributed by atoms with Crippen LogP contribution in [0.2, 0.25) is 0 Å². The highest BCUT2D eigenvalue weighted by atomic mass is 32.2. The minimum atomic E-state index is -3.46. The molecule has 5 nitrogen and oxygen atoms in total. The summed E-state index contributed by atoms with van der Waals surface area (Å²) in [5.41, 5.74) is 1.04. The summed E-state index contributed by atoms with van der Waals surface area (Å²) >= 11 is 0. The molecule has 1 aliphatic heterocycles. The molecule has 27 heavy (non-hydrogen) atoms. The third kappa shape index (κ3) is 5.32. The van der Waals surface area contributed by atoms with Crippen molar-refractivity contribution in [1.82, 2.24) is 9.62 Å². The number of amides is 1. The van der Waals surface area contributed by atoms with Gasteiger partial charge in [-0.1, -0.05) is 43.4 Å². The summed E-state index contributed by atoms with van der Waals surface area (Å²) in [5, 5.41) is 3.06. The van der Waals surface area contributed by atoms with Gasteiger partial charge in [0.15, 0.2) is 0 Å². The molecule has 1 saturated heterocycles. The lowest BCUT2D eigenvalue weighted by atomic mass is 9.97. The maximum atomic E-state index is 12.7. The molecule has 1 aromatic carbocycles. The van der Waals surface area contributed by atoms with Crippen molar-refractivity contribution in [2.24, 2.45) is 11.8 Å². The van der Waals surface area contributed by atoms with E-state index in [2.05, 4.69) is 5.32 Å². The van der Waals surface area contributed by atoms with Crippen LogP contribution >= 0.6 is 0 Å². The summed E-state index contributed by atoms with van der Waals surface area (Å²) in [5.74, 6) is 0.881. The summed E-state index contributed by atoms with van der Waals surface area (Å²) in [7, 11) is -3.46. The van der Waals surface area contributed by atoms with Crippen molar-refractivity contribution < 1.29 is 13.2 Å². The molecule has 2 fully saturated rings. The zero-order valence-corrected chi connectivity index (χ0v) is 17.1. The number of rotatable bonds is 7. The van der Waals surface area contributed by atoms with Crippen molar-refractivity contribution in [1.29, 1.82) is 0 Å². The summed E-state index contributed by atoms with van der Waals surface area (Å²) in [6, 6.07) is 6.96. The fourth-order valence-corrected chi connectivity index (χ4v) is 5.73. The molecule has 150 valence electrons. The fraction of sp³-hybridized carbons (Fsp3) is 0.667. The van der Waals surface area contributed by atoms with Gasteiger partial charge in [-0.15, -0.1) is 0 Å². The molecule has 0 unspecified atom stereocenters. The molecule has 1 aliphatic carbocycles. The van der Waals surface area contributed by atoms with Gasteiger partial charge in [0.1, 0.15) is 0 Å². The number of piperidine rings is 1. The lowest BCUT2D eigenvalue weighted by Gasteiger charge is -2.30.